The number of unbranched alkanes of at least 4 members (excludes halogenated alkanes) is 1. The zero-order valence-corrected chi connectivity index (χ0v) is 14.1. The van der Waals surface area contributed by atoms with Crippen LogP contribution in [0.2, 0.25) is 0 Å². The van der Waals surface area contributed by atoms with E-state index in [1.54, 1.807) is 0 Å². The third-order valence-electron chi connectivity index (χ3n) is 3.59. The lowest BCUT2D eigenvalue weighted by Gasteiger charge is -2.32. The molecule has 1 N–H and O–H groups in total. The maximum atomic E-state index is 12.1. The van der Waals surface area contributed by atoms with Crippen molar-refractivity contribution in [2.45, 2.75) is 32.2 Å². The van der Waals surface area contributed by atoms with Crippen LogP contribution in [-0.4, -0.2) is 43.1 Å². The molecule has 0 bridgehead atoms. The van der Waals surface area contributed by atoms with E-state index in [2.05, 4.69) is 28.2 Å². The molecule has 0 saturated carbocycles. The topological polar surface area (TPSA) is 41.6 Å². The van der Waals surface area contributed by atoms with Gasteiger partial charge >= 0.3 is 0 Å². The predicted octanol–water partition coefficient (Wildman–Crippen LogP) is 2.82. The molecule has 5 heteroatoms. The Labute approximate surface area is 135 Å². The van der Waals surface area contributed by atoms with E-state index in [1.807, 2.05) is 29.2 Å². The summed E-state index contributed by atoms with van der Waals surface area (Å²) in [5, 5.41) is 3.35. The smallest absolute Gasteiger partial charge is 0.222 e. The second-order valence-electron chi connectivity index (χ2n) is 5.45. The molecule has 1 aromatic rings. The third kappa shape index (κ3) is 5.67. The number of carbonyl (C=O) groups is 1. The summed E-state index contributed by atoms with van der Waals surface area (Å²) in [5.41, 5.74) is 0. The molecule has 0 spiro atoms. The number of ether oxygens (including phenoxy) is 1. The van der Waals surface area contributed by atoms with E-state index >= 15 is 0 Å². The van der Waals surface area contributed by atoms with Crippen LogP contribution >= 0.6 is 15.9 Å². The van der Waals surface area contributed by atoms with Gasteiger partial charge in [-0.2, -0.15) is 0 Å². The van der Waals surface area contributed by atoms with Gasteiger partial charge in [-0.3, -0.25) is 4.79 Å². The van der Waals surface area contributed by atoms with Gasteiger partial charge in [-0.05, 0) is 44.0 Å². The van der Waals surface area contributed by atoms with E-state index in [0.29, 0.717) is 19.1 Å². The zero-order valence-electron chi connectivity index (χ0n) is 12.5. The van der Waals surface area contributed by atoms with E-state index in [-0.39, 0.29) is 5.91 Å². The Morgan fingerprint density at radius 2 is 2.14 bits per heavy atom. The lowest BCUT2D eigenvalue weighted by atomic mass is 10.2. The van der Waals surface area contributed by atoms with Crippen LogP contribution in [0.15, 0.2) is 28.7 Å². The Morgan fingerprint density at radius 3 is 2.86 bits per heavy atom. The van der Waals surface area contributed by atoms with Gasteiger partial charge in [0, 0.05) is 36.6 Å². The minimum atomic E-state index is 0.270. The molecular formula is C16H23BrN2O2. The summed E-state index contributed by atoms with van der Waals surface area (Å²) in [7, 11) is 0. The molecule has 0 radical (unpaired) electrons. The van der Waals surface area contributed by atoms with Crippen molar-refractivity contribution < 1.29 is 9.53 Å². The maximum absolute atomic E-state index is 12.1. The molecule has 0 aromatic heterocycles. The first-order valence-corrected chi connectivity index (χ1v) is 8.34. The van der Waals surface area contributed by atoms with Crippen LogP contribution in [-0.2, 0) is 4.79 Å². The van der Waals surface area contributed by atoms with Crippen LogP contribution in [0.1, 0.15) is 26.2 Å². The largest absolute Gasteiger partial charge is 0.494 e. The molecule has 1 saturated heterocycles. The van der Waals surface area contributed by atoms with Crippen LogP contribution in [0, 0.1) is 0 Å². The molecule has 4 nitrogen and oxygen atoms in total. The Hall–Kier alpha value is -1.07. The molecule has 1 amide bonds. The van der Waals surface area contributed by atoms with Crippen LogP contribution in [0.3, 0.4) is 0 Å². The molecule has 21 heavy (non-hydrogen) atoms. The quantitative estimate of drug-likeness (QED) is 0.798. The lowest BCUT2D eigenvalue weighted by molar-refractivity contribution is -0.132. The van der Waals surface area contributed by atoms with Gasteiger partial charge in [0.15, 0.2) is 0 Å². The van der Waals surface area contributed by atoms with E-state index in [1.165, 1.54) is 0 Å². The second-order valence-corrected chi connectivity index (χ2v) is 6.37. The maximum Gasteiger partial charge on any atom is 0.222 e. The number of hydrogen-bond acceptors (Lipinski definition) is 3. The summed E-state index contributed by atoms with van der Waals surface area (Å²) >= 11 is 3.39. The molecule has 1 heterocycles. The van der Waals surface area contributed by atoms with Crippen LogP contribution in [0.25, 0.3) is 0 Å². The Morgan fingerprint density at radius 1 is 1.38 bits per heavy atom. The van der Waals surface area contributed by atoms with Crippen molar-refractivity contribution in [3.05, 3.63) is 28.7 Å². The van der Waals surface area contributed by atoms with E-state index in [4.69, 9.17) is 4.74 Å². The summed E-state index contributed by atoms with van der Waals surface area (Å²) in [6.45, 7) is 5.34. The number of nitrogens with one attached hydrogen (secondary N) is 1. The number of rotatable bonds is 6. The molecule has 1 atom stereocenters. The van der Waals surface area contributed by atoms with Gasteiger partial charge < -0.3 is 15.0 Å². The van der Waals surface area contributed by atoms with Crippen LogP contribution in [0.5, 0.6) is 5.75 Å². The second kappa shape index (κ2) is 8.39. The fraction of sp³-hybridized carbons (Fsp3) is 0.562. The summed E-state index contributed by atoms with van der Waals surface area (Å²) in [6, 6.07) is 8.22. The highest BCUT2D eigenvalue weighted by Crippen LogP contribution is 2.16. The van der Waals surface area contributed by atoms with E-state index in [0.717, 1.165) is 42.7 Å². The molecule has 1 unspecified atom stereocenters. The van der Waals surface area contributed by atoms with Crippen LogP contribution in [0.4, 0.5) is 0 Å². The fourth-order valence-electron chi connectivity index (χ4n) is 2.42. The summed E-state index contributed by atoms with van der Waals surface area (Å²) in [6.07, 6.45) is 2.41. The molecule has 1 aromatic carbocycles. The number of benzene rings is 1. The summed E-state index contributed by atoms with van der Waals surface area (Å²) < 4.78 is 6.70. The van der Waals surface area contributed by atoms with Gasteiger partial charge in [0.1, 0.15) is 5.75 Å². The number of piperazine rings is 1. The van der Waals surface area contributed by atoms with Crippen molar-refractivity contribution >= 4 is 21.8 Å². The highest BCUT2D eigenvalue weighted by atomic mass is 79.9. The van der Waals surface area contributed by atoms with Crippen molar-refractivity contribution in [1.29, 1.82) is 0 Å². The van der Waals surface area contributed by atoms with E-state index < -0.39 is 0 Å². The first-order valence-electron chi connectivity index (χ1n) is 7.54. The van der Waals surface area contributed by atoms with Gasteiger partial charge in [0.05, 0.1) is 6.61 Å². The Kier molecular flexibility index (Phi) is 6.51. The van der Waals surface area contributed by atoms with Crippen molar-refractivity contribution in [2.75, 3.05) is 26.2 Å². The number of hydrogen-bond donors (Lipinski definition) is 1. The predicted molar refractivity (Wildman–Crippen MR) is 87.5 cm³/mol. The third-order valence-corrected chi connectivity index (χ3v) is 4.12. The molecular weight excluding hydrogens is 332 g/mol. The fourth-order valence-corrected chi connectivity index (χ4v) is 2.68. The molecule has 1 aliphatic heterocycles. The van der Waals surface area contributed by atoms with Crippen molar-refractivity contribution in [3.8, 4) is 5.75 Å². The van der Waals surface area contributed by atoms with Crippen molar-refractivity contribution in [3.63, 3.8) is 0 Å². The number of halogens is 1. The molecule has 1 fully saturated rings. The van der Waals surface area contributed by atoms with Gasteiger partial charge in [-0.1, -0.05) is 15.9 Å². The zero-order chi connectivity index (χ0) is 15.1. The SMILES string of the molecule is CC1CN(C(=O)CCCCOc2ccc(Br)cc2)CCN1. The molecule has 2 rings (SSSR count). The molecule has 0 aliphatic carbocycles. The number of carbonyl (C=O) groups excluding carboxylic acids is 1. The molecule has 1 aliphatic rings. The lowest BCUT2D eigenvalue weighted by Crippen LogP contribution is -2.51. The van der Waals surface area contributed by atoms with Gasteiger partial charge in [-0.15, -0.1) is 0 Å². The van der Waals surface area contributed by atoms with E-state index in [9.17, 15) is 4.79 Å². The van der Waals surface area contributed by atoms with Crippen molar-refractivity contribution in [1.82, 2.24) is 10.2 Å². The average molecular weight is 355 g/mol. The monoisotopic (exact) mass is 354 g/mol. The normalized spacial score (nSPS) is 18.6. The summed E-state index contributed by atoms with van der Waals surface area (Å²) in [4.78, 5) is 14.0. The van der Waals surface area contributed by atoms with Gasteiger partial charge in [-0.25, -0.2) is 0 Å². The van der Waals surface area contributed by atoms with Gasteiger partial charge in [0.2, 0.25) is 5.91 Å². The first-order chi connectivity index (χ1) is 10.1. The Bertz CT molecular complexity index is 450. The highest BCUT2D eigenvalue weighted by Gasteiger charge is 2.19. The van der Waals surface area contributed by atoms with Gasteiger partial charge in [0.25, 0.3) is 0 Å². The highest BCUT2D eigenvalue weighted by molar-refractivity contribution is 9.10. The van der Waals surface area contributed by atoms with Crippen LogP contribution < -0.4 is 10.1 Å². The number of amides is 1. The minimum absolute atomic E-state index is 0.270. The van der Waals surface area contributed by atoms with Crippen molar-refractivity contribution in [2.24, 2.45) is 0 Å². The first kappa shape index (κ1) is 16.3. The standard InChI is InChI=1S/C16H23BrN2O2/c1-13-12-19(10-9-18-13)16(20)4-2-3-11-21-15-7-5-14(17)6-8-15/h5-8,13,18H,2-4,9-12H2,1H3. The Balaban J connectivity index is 1.59. The molecule has 116 valence electrons. The average Bonchev–Trinajstić information content (AvgIpc) is 2.48. The minimum Gasteiger partial charge on any atom is -0.494 e. The number of nitrogens with zero attached hydrogens (tertiary/aromatic N) is 1. The summed E-state index contributed by atoms with van der Waals surface area (Å²) in [5.74, 6) is 1.15.